The Labute approximate surface area is 232 Å². The van der Waals surface area contributed by atoms with Gasteiger partial charge in [0, 0.05) is 42.8 Å². The van der Waals surface area contributed by atoms with Gasteiger partial charge in [-0.15, -0.1) is 0 Å². The number of rotatable bonds is 11. The first-order chi connectivity index (χ1) is 18.6. The van der Waals surface area contributed by atoms with Gasteiger partial charge in [0.15, 0.2) is 0 Å². The topological polar surface area (TPSA) is 132 Å². The van der Waals surface area contributed by atoms with Crippen molar-refractivity contribution in [2.75, 3.05) is 49.0 Å². The number of hydrogen-bond donors (Lipinski definition) is 4. The summed E-state index contributed by atoms with van der Waals surface area (Å²) in [6.07, 6.45) is -1.51. The summed E-state index contributed by atoms with van der Waals surface area (Å²) < 4.78 is 55.5. The summed E-state index contributed by atoms with van der Waals surface area (Å²) >= 11 is 6.15. The predicted molar refractivity (Wildman–Crippen MR) is 146 cm³/mol. The molecular formula is C25H33ClFN5O6S. The van der Waals surface area contributed by atoms with Crippen LogP contribution in [0.5, 0.6) is 5.75 Å². The maximum absolute atomic E-state index is 14.3. The molecule has 11 nitrogen and oxygen atoms in total. The maximum atomic E-state index is 14.3. The van der Waals surface area contributed by atoms with Crippen molar-refractivity contribution >= 4 is 38.9 Å². The molecule has 2 unspecified atom stereocenters. The fourth-order valence-electron chi connectivity index (χ4n) is 4.51. The number of fused-ring (bicyclic) bond motifs is 1. The van der Waals surface area contributed by atoms with Gasteiger partial charge in [-0.2, -0.15) is 0 Å². The van der Waals surface area contributed by atoms with Crippen molar-refractivity contribution < 1.29 is 32.2 Å². The first-order valence-corrected chi connectivity index (χ1v) is 14.5. The van der Waals surface area contributed by atoms with E-state index in [0.29, 0.717) is 23.7 Å². The van der Waals surface area contributed by atoms with E-state index in [-0.39, 0.29) is 55.9 Å². The number of benzene rings is 2. The van der Waals surface area contributed by atoms with Crippen molar-refractivity contribution in [1.29, 1.82) is 0 Å². The highest BCUT2D eigenvalue weighted by Gasteiger charge is 2.47. The fraction of sp³-hybridized carbons (Fsp3) is 0.480. The largest absolute Gasteiger partial charge is 0.484 e. The average molecular weight is 586 g/mol. The molecule has 0 bridgehead atoms. The van der Waals surface area contributed by atoms with E-state index in [9.17, 15) is 22.7 Å². The molecule has 0 spiro atoms. The Kier molecular flexibility index (Phi) is 9.51. The summed E-state index contributed by atoms with van der Waals surface area (Å²) in [5.41, 5.74) is 4.17. The molecule has 2 aromatic rings. The minimum Gasteiger partial charge on any atom is -0.484 e. The first-order valence-electron chi connectivity index (χ1n) is 12.6. The van der Waals surface area contributed by atoms with Gasteiger partial charge in [-0.05, 0) is 30.3 Å². The number of anilines is 2. The van der Waals surface area contributed by atoms with E-state index in [4.69, 9.17) is 21.1 Å². The number of hydrazine groups is 1. The average Bonchev–Trinajstić information content (AvgIpc) is 3.34. The number of ether oxygens (including phenoxy) is 2. The van der Waals surface area contributed by atoms with E-state index >= 15 is 0 Å². The van der Waals surface area contributed by atoms with Crippen LogP contribution in [-0.2, 0) is 26.1 Å². The number of carbonyl (C=O) groups is 1. The van der Waals surface area contributed by atoms with Crippen LogP contribution >= 0.6 is 11.6 Å². The molecule has 214 valence electrons. The summed E-state index contributed by atoms with van der Waals surface area (Å²) in [7, 11) is -4.05. The summed E-state index contributed by atoms with van der Waals surface area (Å²) in [6.45, 7) is 3.84. The lowest BCUT2D eigenvalue weighted by molar-refractivity contribution is -0.119. The molecule has 0 saturated carbocycles. The molecule has 1 amide bonds. The van der Waals surface area contributed by atoms with Crippen molar-refractivity contribution in [2.45, 2.75) is 38.0 Å². The third kappa shape index (κ3) is 6.73. The Morgan fingerprint density at radius 3 is 2.79 bits per heavy atom. The highest BCUT2D eigenvalue weighted by molar-refractivity contribution is 7.93. The highest BCUT2D eigenvalue weighted by Crippen LogP contribution is 2.39. The van der Waals surface area contributed by atoms with Crippen LogP contribution in [0.4, 0.5) is 15.8 Å². The molecule has 4 rings (SSSR count). The molecule has 0 aliphatic carbocycles. The van der Waals surface area contributed by atoms with Crippen LogP contribution in [0.3, 0.4) is 0 Å². The van der Waals surface area contributed by atoms with Gasteiger partial charge in [-0.25, -0.2) is 23.2 Å². The van der Waals surface area contributed by atoms with E-state index in [1.807, 2.05) is 6.92 Å². The van der Waals surface area contributed by atoms with E-state index in [1.165, 1.54) is 23.4 Å². The van der Waals surface area contributed by atoms with Crippen molar-refractivity contribution in [3.05, 3.63) is 52.8 Å². The molecular weight excluding hydrogens is 553 g/mol. The standard InChI is InChI=1S/C25H33ClFN5O6S/c1-3-31-15-24(25(30-31)37-10-9-33)39(35,36)32-14-18(12-28-16(2)34)38-23-8-7-17(11-22(23)32)29-13-19-20(26)5-4-6-21(19)27/h4-8,11,18,24-25,29-30,33H,3,9-10,12-15H2,1-2H3,(H,28,34)/t18-,24?,25?/m0/s1. The van der Waals surface area contributed by atoms with Gasteiger partial charge < -0.3 is 25.2 Å². The van der Waals surface area contributed by atoms with Crippen LogP contribution in [0.25, 0.3) is 0 Å². The number of aliphatic hydroxyl groups excluding tert-OH is 1. The number of halogens is 2. The summed E-state index contributed by atoms with van der Waals surface area (Å²) in [4.78, 5) is 11.5. The zero-order valence-electron chi connectivity index (χ0n) is 21.7. The second-order valence-corrected chi connectivity index (χ2v) is 11.7. The van der Waals surface area contributed by atoms with Gasteiger partial charge in [0.05, 0.1) is 32.0 Å². The SMILES string of the molecule is CCN1CC(S(=O)(=O)N2C[C@H](CNC(C)=O)Oc3ccc(NCc4c(F)cccc4Cl)cc32)C(OCCO)N1. The lowest BCUT2D eigenvalue weighted by atomic mass is 10.1. The number of nitrogens with zero attached hydrogens (tertiary/aromatic N) is 2. The van der Waals surface area contributed by atoms with Gasteiger partial charge >= 0.3 is 0 Å². The normalized spacial score (nSPS) is 21.4. The monoisotopic (exact) mass is 585 g/mol. The second-order valence-electron chi connectivity index (χ2n) is 9.21. The number of sulfonamides is 1. The lowest BCUT2D eigenvalue weighted by Crippen LogP contribution is -2.53. The molecule has 1 fully saturated rings. The summed E-state index contributed by atoms with van der Waals surface area (Å²) in [6, 6.07) is 9.39. The first kappa shape index (κ1) is 29.3. The molecule has 1 saturated heterocycles. The van der Waals surface area contributed by atoms with Gasteiger partial charge in [-0.3, -0.25) is 9.10 Å². The smallest absolute Gasteiger partial charge is 0.243 e. The molecule has 14 heteroatoms. The number of aliphatic hydroxyl groups is 1. The van der Waals surface area contributed by atoms with Crippen molar-refractivity contribution in [3.8, 4) is 5.75 Å². The Hall–Kier alpha value is -2.68. The third-order valence-corrected chi connectivity index (χ3v) is 8.98. The lowest BCUT2D eigenvalue weighted by Gasteiger charge is -2.37. The zero-order valence-corrected chi connectivity index (χ0v) is 23.3. The van der Waals surface area contributed by atoms with E-state index in [0.717, 1.165) is 0 Å². The van der Waals surface area contributed by atoms with E-state index in [2.05, 4.69) is 16.1 Å². The van der Waals surface area contributed by atoms with Crippen LogP contribution in [0.2, 0.25) is 5.02 Å². The molecule has 0 radical (unpaired) electrons. The number of hydrogen-bond acceptors (Lipinski definition) is 9. The van der Waals surface area contributed by atoms with Crippen LogP contribution in [-0.4, -0.2) is 81.4 Å². The van der Waals surface area contributed by atoms with Crippen LogP contribution in [0.15, 0.2) is 36.4 Å². The van der Waals surface area contributed by atoms with E-state index in [1.54, 1.807) is 29.3 Å². The van der Waals surface area contributed by atoms with Crippen molar-refractivity contribution in [2.24, 2.45) is 0 Å². The van der Waals surface area contributed by atoms with Gasteiger partial charge in [0.2, 0.25) is 15.9 Å². The van der Waals surface area contributed by atoms with Crippen molar-refractivity contribution in [3.63, 3.8) is 0 Å². The summed E-state index contributed by atoms with van der Waals surface area (Å²) in [5, 5.41) is 16.1. The highest BCUT2D eigenvalue weighted by atomic mass is 35.5. The molecule has 39 heavy (non-hydrogen) atoms. The molecule has 3 atom stereocenters. The van der Waals surface area contributed by atoms with Gasteiger partial charge in [-0.1, -0.05) is 24.6 Å². The number of amides is 1. The minimum absolute atomic E-state index is 0.0290. The maximum Gasteiger partial charge on any atom is 0.243 e. The molecule has 0 aromatic heterocycles. The molecule has 2 aliphatic rings. The number of nitrogens with one attached hydrogen (secondary N) is 3. The summed E-state index contributed by atoms with van der Waals surface area (Å²) in [5.74, 6) is -0.397. The van der Waals surface area contributed by atoms with Gasteiger partial charge in [0.1, 0.15) is 29.1 Å². The fourth-order valence-corrected chi connectivity index (χ4v) is 6.67. The molecule has 2 aromatic carbocycles. The quantitative estimate of drug-likeness (QED) is 0.311. The number of carbonyl (C=O) groups excluding carboxylic acids is 1. The van der Waals surface area contributed by atoms with Crippen molar-refractivity contribution in [1.82, 2.24) is 15.8 Å². The minimum atomic E-state index is -4.05. The van der Waals surface area contributed by atoms with Crippen LogP contribution < -0.4 is 25.1 Å². The third-order valence-electron chi connectivity index (χ3n) is 6.51. The van der Waals surface area contributed by atoms with Crippen LogP contribution in [0.1, 0.15) is 19.4 Å². The zero-order chi connectivity index (χ0) is 28.2. The molecule has 4 N–H and O–H groups in total. The Morgan fingerprint density at radius 2 is 2.10 bits per heavy atom. The molecule has 2 heterocycles. The van der Waals surface area contributed by atoms with Gasteiger partial charge in [0.25, 0.3) is 0 Å². The Balaban J connectivity index is 1.66. The van der Waals surface area contributed by atoms with E-state index < -0.39 is 33.4 Å². The second kappa shape index (κ2) is 12.7. The molecule has 2 aliphatic heterocycles. The Morgan fingerprint density at radius 1 is 1.31 bits per heavy atom. The van der Waals surface area contributed by atoms with Crippen LogP contribution in [0, 0.1) is 5.82 Å². The Bertz CT molecular complexity index is 1270. The predicted octanol–water partition coefficient (Wildman–Crippen LogP) is 1.67.